The van der Waals surface area contributed by atoms with Gasteiger partial charge in [-0.3, -0.25) is 10.7 Å². The van der Waals surface area contributed by atoms with E-state index in [0.717, 1.165) is 29.1 Å². The summed E-state index contributed by atoms with van der Waals surface area (Å²) >= 11 is 0. The number of morpholine rings is 1. The summed E-state index contributed by atoms with van der Waals surface area (Å²) < 4.78 is 50.0. The fourth-order valence-electron chi connectivity index (χ4n) is 4.16. The smallest absolute Gasteiger partial charge is 0.416 e. The Balaban J connectivity index is 1.42. The predicted octanol–water partition coefficient (Wildman–Crippen LogP) is 6.05. The van der Waals surface area contributed by atoms with Crippen molar-refractivity contribution in [1.82, 2.24) is 9.97 Å². The number of aromatic nitrogens is 2. The highest BCUT2D eigenvalue weighted by molar-refractivity contribution is 5.85. The van der Waals surface area contributed by atoms with E-state index in [1.807, 2.05) is 37.3 Å². The van der Waals surface area contributed by atoms with E-state index < -0.39 is 23.4 Å². The lowest BCUT2D eigenvalue weighted by Crippen LogP contribution is -2.37. The van der Waals surface area contributed by atoms with Crippen LogP contribution < -0.4 is 15.6 Å². The Morgan fingerprint density at radius 3 is 2.59 bits per heavy atom. The lowest BCUT2D eigenvalue weighted by atomic mass is 10.0. The Bertz CT molecular complexity index is 1370. The van der Waals surface area contributed by atoms with Crippen LogP contribution in [0.4, 0.5) is 35.3 Å². The lowest BCUT2D eigenvalue weighted by molar-refractivity contribution is -0.137. The summed E-state index contributed by atoms with van der Waals surface area (Å²) in [5.74, 6) is 1.77. The molecule has 1 aliphatic rings. The quantitative estimate of drug-likeness (QED) is 0.239. The third-order valence-corrected chi connectivity index (χ3v) is 6.28. The Hall–Kier alpha value is -4.19. The van der Waals surface area contributed by atoms with E-state index in [4.69, 9.17) is 14.5 Å². The number of anilines is 3. The number of hydrazone groups is 1. The van der Waals surface area contributed by atoms with Gasteiger partial charge in [-0.05, 0) is 51.0 Å². The molecule has 0 radical (unpaired) electrons. The maximum Gasteiger partial charge on any atom is 0.416 e. The first-order chi connectivity index (χ1) is 19.5. The Morgan fingerprint density at radius 2 is 1.85 bits per heavy atom. The number of ether oxygens (including phenoxy) is 2. The van der Waals surface area contributed by atoms with Crippen molar-refractivity contribution in [2.45, 2.75) is 45.4 Å². The number of hydrogen-bond donors (Lipinski definition) is 2. The first-order valence-electron chi connectivity index (χ1n) is 13.2. The van der Waals surface area contributed by atoms with E-state index in [0.29, 0.717) is 50.8 Å². The largest absolute Gasteiger partial charge is 0.443 e. The van der Waals surface area contributed by atoms with Crippen LogP contribution in [0.25, 0.3) is 0 Å². The van der Waals surface area contributed by atoms with Crippen molar-refractivity contribution in [3.63, 3.8) is 0 Å². The number of nitrogens with one attached hydrogen (secondary N) is 2. The fraction of sp³-hybridized carbons (Fsp3) is 0.379. The van der Waals surface area contributed by atoms with E-state index in [9.17, 15) is 18.0 Å². The average Bonchev–Trinajstić information content (AvgIpc) is 2.92. The van der Waals surface area contributed by atoms with E-state index >= 15 is 0 Å². The van der Waals surface area contributed by atoms with Gasteiger partial charge in [-0.15, -0.1) is 0 Å². The monoisotopic (exact) mass is 570 g/mol. The molecule has 1 saturated heterocycles. The summed E-state index contributed by atoms with van der Waals surface area (Å²) in [6, 6.07) is 14.1. The second-order valence-corrected chi connectivity index (χ2v) is 10.3. The van der Waals surface area contributed by atoms with Crippen LogP contribution >= 0.6 is 0 Å². The van der Waals surface area contributed by atoms with E-state index in [2.05, 4.69) is 25.7 Å². The molecule has 0 unspecified atom stereocenters. The second kappa shape index (κ2) is 13.0. The average molecular weight is 571 g/mol. The van der Waals surface area contributed by atoms with Crippen LogP contribution in [0.3, 0.4) is 0 Å². The summed E-state index contributed by atoms with van der Waals surface area (Å²) in [6.45, 7) is 8.01. The molecule has 0 bridgehead atoms. The van der Waals surface area contributed by atoms with Crippen molar-refractivity contribution < 1.29 is 27.4 Å². The van der Waals surface area contributed by atoms with Crippen molar-refractivity contribution >= 4 is 29.6 Å². The van der Waals surface area contributed by atoms with Crippen LogP contribution in [0.5, 0.6) is 0 Å². The number of halogens is 3. The Labute approximate surface area is 236 Å². The minimum atomic E-state index is -4.52. The molecule has 2 N–H and O–H groups in total. The Morgan fingerprint density at radius 1 is 1.10 bits per heavy atom. The molecule has 3 aromatic rings. The van der Waals surface area contributed by atoms with Gasteiger partial charge in [0.05, 0.1) is 25.0 Å². The van der Waals surface area contributed by atoms with Gasteiger partial charge in [0, 0.05) is 31.3 Å². The molecule has 41 heavy (non-hydrogen) atoms. The van der Waals surface area contributed by atoms with Gasteiger partial charge < -0.3 is 14.4 Å². The molecule has 0 atom stereocenters. The van der Waals surface area contributed by atoms with Crippen molar-refractivity contribution in [2.75, 3.05) is 41.9 Å². The first kappa shape index (κ1) is 29.8. The van der Waals surface area contributed by atoms with E-state index in [-0.39, 0.29) is 5.69 Å². The second-order valence-electron chi connectivity index (χ2n) is 10.3. The lowest BCUT2D eigenvalue weighted by Gasteiger charge is -2.28. The molecule has 0 spiro atoms. The van der Waals surface area contributed by atoms with Gasteiger partial charge in [0.25, 0.3) is 0 Å². The molecule has 0 saturated carbocycles. The highest BCUT2D eigenvalue weighted by Gasteiger charge is 2.31. The Kier molecular flexibility index (Phi) is 9.43. The predicted molar refractivity (Wildman–Crippen MR) is 151 cm³/mol. The van der Waals surface area contributed by atoms with Crippen LogP contribution in [0.15, 0.2) is 59.7 Å². The normalized spacial score (nSPS) is 14.2. The summed E-state index contributed by atoms with van der Waals surface area (Å²) in [6.07, 6.45) is -2.93. The number of carbonyl (C=O) groups excluding carboxylic acids is 1. The van der Waals surface area contributed by atoms with Crippen LogP contribution in [0.1, 0.15) is 42.8 Å². The topological polar surface area (TPSA) is 101 Å². The molecule has 2 heterocycles. The molecule has 9 nitrogen and oxygen atoms in total. The highest BCUT2D eigenvalue weighted by atomic mass is 19.4. The first-order valence-corrected chi connectivity index (χ1v) is 13.2. The van der Waals surface area contributed by atoms with Crippen LogP contribution in [-0.4, -0.2) is 54.2 Å². The third-order valence-electron chi connectivity index (χ3n) is 6.28. The van der Waals surface area contributed by atoms with Crippen LogP contribution in [0.2, 0.25) is 0 Å². The zero-order chi connectivity index (χ0) is 29.5. The molecule has 218 valence electrons. The summed E-state index contributed by atoms with van der Waals surface area (Å²) in [7, 11) is 0. The molecule has 1 amide bonds. The third kappa shape index (κ3) is 9.17. The molecule has 2 aromatic carbocycles. The number of hydrogen-bond acceptors (Lipinski definition) is 8. The van der Waals surface area contributed by atoms with Crippen LogP contribution in [0, 0.1) is 6.92 Å². The van der Waals surface area contributed by atoms with Crippen molar-refractivity contribution in [2.24, 2.45) is 5.10 Å². The zero-order valence-electron chi connectivity index (χ0n) is 23.2. The SMILES string of the molecule is Cc1cccc(/C=N/Nc2cc(N3CCOCC3)nc(CCC(C)(C)OC(=O)Nc3cccc(C(F)(F)F)c3)n2)c1. The standard InChI is InChI=1S/C29H33F3N6O3/c1-20-6-4-7-21(16-20)19-33-37-25-18-26(38-12-14-40-15-13-38)36-24(35-25)10-11-28(2,3)41-27(39)34-23-9-5-8-22(17-23)29(30,31)32/h4-9,16-19H,10-15H2,1-3H3,(H,34,39)(H,35,36,37)/b33-19+. The maximum absolute atomic E-state index is 13.0. The maximum atomic E-state index is 13.0. The summed E-state index contributed by atoms with van der Waals surface area (Å²) in [5, 5.41) is 6.71. The molecule has 1 fully saturated rings. The van der Waals surface area contributed by atoms with Gasteiger partial charge in [0.15, 0.2) is 5.82 Å². The zero-order valence-corrected chi connectivity index (χ0v) is 23.2. The van der Waals surface area contributed by atoms with Crippen molar-refractivity contribution in [3.8, 4) is 0 Å². The molecule has 1 aliphatic heterocycles. The van der Waals surface area contributed by atoms with Gasteiger partial charge in [-0.1, -0.05) is 35.9 Å². The molecule has 12 heteroatoms. The number of alkyl halides is 3. The molecular formula is C29H33F3N6O3. The molecule has 1 aromatic heterocycles. The fourth-order valence-corrected chi connectivity index (χ4v) is 4.16. The van der Waals surface area contributed by atoms with Gasteiger partial charge in [0.1, 0.15) is 17.2 Å². The number of aryl methyl sites for hydroxylation is 2. The molecule has 0 aliphatic carbocycles. The number of benzene rings is 2. The summed E-state index contributed by atoms with van der Waals surface area (Å²) in [4.78, 5) is 23.9. The minimum Gasteiger partial charge on any atom is -0.443 e. The van der Waals surface area contributed by atoms with Crippen LogP contribution in [-0.2, 0) is 22.1 Å². The summed E-state index contributed by atoms with van der Waals surface area (Å²) in [5.41, 5.74) is 3.23. The number of rotatable bonds is 9. The number of carbonyl (C=O) groups is 1. The van der Waals surface area contributed by atoms with Gasteiger partial charge >= 0.3 is 12.3 Å². The van der Waals surface area contributed by atoms with E-state index in [1.165, 1.54) is 12.1 Å². The minimum absolute atomic E-state index is 0.0101. The van der Waals surface area contributed by atoms with Crippen molar-refractivity contribution in [3.05, 3.63) is 77.1 Å². The highest BCUT2D eigenvalue weighted by Crippen LogP contribution is 2.31. The van der Waals surface area contributed by atoms with Gasteiger partial charge in [-0.2, -0.15) is 18.3 Å². The van der Waals surface area contributed by atoms with Gasteiger partial charge in [0.2, 0.25) is 0 Å². The molecular weight excluding hydrogens is 537 g/mol. The molecule has 4 rings (SSSR count). The van der Waals surface area contributed by atoms with Gasteiger partial charge in [-0.25, -0.2) is 14.8 Å². The van der Waals surface area contributed by atoms with E-state index in [1.54, 1.807) is 20.1 Å². The van der Waals surface area contributed by atoms with Crippen molar-refractivity contribution in [1.29, 1.82) is 0 Å². The number of amides is 1. The number of nitrogens with zero attached hydrogens (tertiary/aromatic N) is 4.